The maximum atomic E-state index is 11.5. The number of rotatable bonds is 4. The summed E-state index contributed by atoms with van der Waals surface area (Å²) in [5.41, 5.74) is 4.09. The quantitative estimate of drug-likeness (QED) is 0.509. The number of hydrazine groups is 1. The van der Waals surface area contributed by atoms with Gasteiger partial charge in [0.15, 0.2) is 6.10 Å². The van der Waals surface area contributed by atoms with Crippen LogP contribution >= 0.6 is 15.9 Å². The monoisotopic (exact) mass is 300 g/mol. The van der Waals surface area contributed by atoms with Crippen LogP contribution in [0.2, 0.25) is 0 Å². The maximum Gasteiger partial charge on any atom is 0.274 e. The summed E-state index contributed by atoms with van der Waals surface area (Å²) in [5, 5.41) is 0. The molecule has 0 saturated carbocycles. The van der Waals surface area contributed by atoms with Crippen LogP contribution in [0.1, 0.15) is 24.5 Å². The number of hydrogen-bond donors (Lipinski definition) is 2. The van der Waals surface area contributed by atoms with Gasteiger partial charge in [-0.05, 0) is 43.5 Å². The third-order valence-corrected chi connectivity index (χ3v) is 2.95. The second-order valence-electron chi connectivity index (χ2n) is 3.89. The van der Waals surface area contributed by atoms with Gasteiger partial charge in [0.1, 0.15) is 5.75 Å². The van der Waals surface area contributed by atoms with Crippen molar-refractivity contribution >= 4 is 21.8 Å². The fourth-order valence-corrected chi connectivity index (χ4v) is 2.33. The molecule has 0 fully saturated rings. The van der Waals surface area contributed by atoms with Gasteiger partial charge >= 0.3 is 0 Å². The highest BCUT2D eigenvalue weighted by molar-refractivity contribution is 9.10. The Bertz CT molecular complexity index is 398. The summed E-state index contributed by atoms with van der Waals surface area (Å²) in [5.74, 6) is 5.54. The number of nitrogens with one attached hydrogen (secondary N) is 1. The van der Waals surface area contributed by atoms with E-state index >= 15 is 0 Å². The summed E-state index contributed by atoms with van der Waals surface area (Å²) in [6.45, 7) is 5.77. The maximum absolute atomic E-state index is 11.5. The third kappa shape index (κ3) is 3.44. The lowest BCUT2D eigenvalue weighted by Gasteiger charge is -2.19. The van der Waals surface area contributed by atoms with Crippen LogP contribution in [0.4, 0.5) is 0 Å². The Kier molecular flexibility index (Phi) is 4.96. The number of hydrogen-bond acceptors (Lipinski definition) is 3. The van der Waals surface area contributed by atoms with E-state index in [4.69, 9.17) is 10.6 Å². The van der Waals surface area contributed by atoms with Crippen molar-refractivity contribution in [3.05, 3.63) is 27.7 Å². The summed E-state index contributed by atoms with van der Waals surface area (Å²) in [6.07, 6.45) is 0.0106. The number of benzene rings is 1. The summed E-state index contributed by atoms with van der Waals surface area (Å²) in [6, 6.07) is 3.91. The van der Waals surface area contributed by atoms with E-state index in [1.807, 2.05) is 32.9 Å². The number of nitrogens with two attached hydrogens (primary N) is 1. The molecule has 1 aromatic carbocycles. The minimum atomic E-state index is -0.557. The van der Waals surface area contributed by atoms with Crippen LogP contribution < -0.4 is 16.0 Å². The van der Waals surface area contributed by atoms with Gasteiger partial charge in [0, 0.05) is 4.47 Å². The average molecular weight is 301 g/mol. The molecule has 1 unspecified atom stereocenters. The molecule has 3 N–H and O–H groups in total. The first kappa shape index (κ1) is 14.0. The Hall–Kier alpha value is -1.07. The van der Waals surface area contributed by atoms with E-state index in [2.05, 4.69) is 21.4 Å². The van der Waals surface area contributed by atoms with Crippen molar-refractivity contribution in [2.45, 2.75) is 33.3 Å². The van der Waals surface area contributed by atoms with Crippen LogP contribution in [-0.4, -0.2) is 12.0 Å². The van der Waals surface area contributed by atoms with Crippen LogP contribution in [0.5, 0.6) is 5.75 Å². The highest BCUT2D eigenvalue weighted by Gasteiger charge is 2.19. The van der Waals surface area contributed by atoms with E-state index < -0.39 is 6.10 Å². The average Bonchev–Trinajstić information content (AvgIpc) is 2.27. The summed E-state index contributed by atoms with van der Waals surface area (Å²) in [4.78, 5) is 11.5. The van der Waals surface area contributed by atoms with Crippen molar-refractivity contribution in [1.29, 1.82) is 0 Å². The molecule has 1 atom stereocenters. The Morgan fingerprint density at radius 2 is 2.00 bits per heavy atom. The lowest BCUT2D eigenvalue weighted by Crippen LogP contribution is -2.41. The third-order valence-electron chi connectivity index (χ3n) is 2.49. The largest absolute Gasteiger partial charge is 0.480 e. The molecule has 0 saturated heterocycles. The SMILES string of the molecule is CCC(Oc1c(C)cc(Br)cc1C)C(=O)NN. The Balaban J connectivity index is 2.98. The summed E-state index contributed by atoms with van der Waals surface area (Å²) in [7, 11) is 0. The minimum Gasteiger partial charge on any atom is -0.480 e. The smallest absolute Gasteiger partial charge is 0.274 e. The van der Waals surface area contributed by atoms with Crippen molar-refractivity contribution in [2.24, 2.45) is 5.84 Å². The van der Waals surface area contributed by atoms with Gasteiger partial charge in [0.05, 0.1) is 0 Å². The number of amides is 1. The molecule has 0 aliphatic heterocycles. The number of aryl methyl sites for hydroxylation is 2. The highest BCUT2D eigenvalue weighted by Crippen LogP contribution is 2.28. The fourth-order valence-electron chi connectivity index (χ4n) is 1.64. The first-order chi connectivity index (χ1) is 7.99. The molecule has 0 radical (unpaired) electrons. The molecule has 1 rings (SSSR count). The fraction of sp³-hybridized carbons (Fsp3) is 0.417. The standard InChI is InChI=1S/C12H17BrN2O2/c1-4-10(12(16)15-14)17-11-7(2)5-9(13)6-8(11)3/h5-6,10H,4,14H2,1-3H3,(H,15,16). The van der Waals surface area contributed by atoms with E-state index in [0.717, 1.165) is 21.3 Å². The molecule has 94 valence electrons. The van der Waals surface area contributed by atoms with Gasteiger partial charge in [-0.25, -0.2) is 5.84 Å². The van der Waals surface area contributed by atoms with Gasteiger partial charge < -0.3 is 4.74 Å². The van der Waals surface area contributed by atoms with Crippen LogP contribution in [0.3, 0.4) is 0 Å². The Morgan fingerprint density at radius 1 is 1.47 bits per heavy atom. The molecule has 0 heterocycles. The molecular weight excluding hydrogens is 284 g/mol. The molecule has 0 spiro atoms. The lowest BCUT2D eigenvalue weighted by atomic mass is 10.1. The number of ether oxygens (including phenoxy) is 1. The van der Waals surface area contributed by atoms with Crippen molar-refractivity contribution in [1.82, 2.24) is 5.43 Å². The first-order valence-corrected chi connectivity index (χ1v) is 6.22. The predicted molar refractivity (Wildman–Crippen MR) is 70.7 cm³/mol. The van der Waals surface area contributed by atoms with Gasteiger partial charge in [-0.1, -0.05) is 22.9 Å². The predicted octanol–water partition coefficient (Wildman–Crippen LogP) is 2.21. The second kappa shape index (κ2) is 6.02. The highest BCUT2D eigenvalue weighted by atomic mass is 79.9. The van der Waals surface area contributed by atoms with E-state index in [1.54, 1.807) is 0 Å². The lowest BCUT2D eigenvalue weighted by molar-refractivity contribution is -0.128. The molecule has 0 aliphatic rings. The molecule has 0 bridgehead atoms. The molecule has 4 nitrogen and oxygen atoms in total. The second-order valence-corrected chi connectivity index (χ2v) is 4.81. The van der Waals surface area contributed by atoms with Gasteiger partial charge in [-0.2, -0.15) is 0 Å². The Morgan fingerprint density at radius 3 is 2.41 bits per heavy atom. The zero-order valence-corrected chi connectivity index (χ0v) is 11.8. The molecule has 5 heteroatoms. The van der Waals surface area contributed by atoms with E-state index in [0.29, 0.717) is 6.42 Å². The van der Waals surface area contributed by atoms with Crippen LogP contribution in [0.25, 0.3) is 0 Å². The van der Waals surface area contributed by atoms with Crippen molar-refractivity contribution in [3.63, 3.8) is 0 Å². The Labute approximate surface area is 110 Å². The van der Waals surface area contributed by atoms with E-state index in [1.165, 1.54) is 0 Å². The molecule has 0 aliphatic carbocycles. The van der Waals surface area contributed by atoms with E-state index in [-0.39, 0.29) is 5.91 Å². The molecule has 0 aromatic heterocycles. The van der Waals surface area contributed by atoms with Crippen LogP contribution in [0, 0.1) is 13.8 Å². The van der Waals surface area contributed by atoms with Gasteiger partial charge in [-0.15, -0.1) is 0 Å². The van der Waals surface area contributed by atoms with Gasteiger partial charge in [0.25, 0.3) is 5.91 Å². The van der Waals surface area contributed by atoms with Gasteiger partial charge in [-0.3, -0.25) is 10.2 Å². The molecular formula is C12H17BrN2O2. The van der Waals surface area contributed by atoms with Crippen molar-refractivity contribution in [2.75, 3.05) is 0 Å². The summed E-state index contributed by atoms with van der Waals surface area (Å²) < 4.78 is 6.72. The van der Waals surface area contributed by atoms with Gasteiger partial charge in [0.2, 0.25) is 0 Å². The van der Waals surface area contributed by atoms with E-state index in [9.17, 15) is 4.79 Å². The molecule has 1 amide bonds. The molecule has 17 heavy (non-hydrogen) atoms. The number of carbonyl (C=O) groups excluding carboxylic acids is 1. The number of halogens is 1. The van der Waals surface area contributed by atoms with Crippen molar-refractivity contribution < 1.29 is 9.53 Å². The topological polar surface area (TPSA) is 64.3 Å². The normalized spacial score (nSPS) is 12.1. The zero-order chi connectivity index (χ0) is 13.0. The number of carbonyl (C=O) groups is 1. The van der Waals surface area contributed by atoms with Crippen LogP contribution in [-0.2, 0) is 4.79 Å². The van der Waals surface area contributed by atoms with Crippen molar-refractivity contribution in [3.8, 4) is 5.75 Å². The minimum absolute atomic E-state index is 0.311. The van der Waals surface area contributed by atoms with Crippen LogP contribution in [0.15, 0.2) is 16.6 Å². The molecule has 1 aromatic rings. The first-order valence-electron chi connectivity index (χ1n) is 5.43. The zero-order valence-electron chi connectivity index (χ0n) is 10.2. The summed E-state index contributed by atoms with van der Waals surface area (Å²) >= 11 is 3.42.